The number of ether oxygens (including phenoxy) is 1. The van der Waals surface area contributed by atoms with Gasteiger partial charge in [-0.1, -0.05) is 0 Å². The molecule has 0 fully saturated rings. The van der Waals surface area contributed by atoms with Gasteiger partial charge < -0.3 is 10.1 Å². The molecule has 96 valence electrons. The van der Waals surface area contributed by atoms with Gasteiger partial charge in [0.15, 0.2) is 0 Å². The Morgan fingerprint density at radius 2 is 2.22 bits per heavy atom. The van der Waals surface area contributed by atoms with Crippen LogP contribution in [0.1, 0.15) is 21.0 Å². The number of thiophene rings is 1. The quantitative estimate of drug-likeness (QED) is 0.899. The van der Waals surface area contributed by atoms with E-state index in [2.05, 4.69) is 23.3 Å². The number of nitrogens with zero attached hydrogens (tertiary/aromatic N) is 1. The van der Waals surface area contributed by atoms with E-state index < -0.39 is 0 Å². The highest BCUT2D eigenvalue weighted by Crippen LogP contribution is 2.23. The first-order chi connectivity index (χ1) is 8.70. The molecule has 0 amide bonds. The molecule has 0 saturated heterocycles. The van der Waals surface area contributed by atoms with Crippen molar-refractivity contribution >= 4 is 11.3 Å². The average Bonchev–Trinajstić information content (AvgIpc) is 2.69. The first kappa shape index (κ1) is 13.1. The summed E-state index contributed by atoms with van der Waals surface area (Å²) < 4.78 is 5.82. The normalized spacial score (nSPS) is 10.6. The smallest absolute Gasteiger partial charge is 0.141 e. The van der Waals surface area contributed by atoms with Crippen LogP contribution in [0.4, 0.5) is 0 Å². The monoisotopic (exact) mass is 262 g/mol. The fourth-order valence-corrected chi connectivity index (χ4v) is 2.83. The topological polar surface area (TPSA) is 34.1 Å². The Morgan fingerprint density at radius 3 is 2.94 bits per heavy atom. The predicted molar refractivity (Wildman–Crippen MR) is 75.1 cm³/mol. The number of aromatic nitrogens is 1. The molecule has 0 aliphatic carbocycles. The second kappa shape index (κ2) is 5.98. The Bertz CT molecular complexity index is 522. The van der Waals surface area contributed by atoms with Crippen molar-refractivity contribution in [3.63, 3.8) is 0 Å². The molecular weight excluding hydrogens is 244 g/mol. The number of aryl methyl sites for hydroxylation is 2. The van der Waals surface area contributed by atoms with Gasteiger partial charge in [0.1, 0.15) is 12.4 Å². The van der Waals surface area contributed by atoms with Crippen molar-refractivity contribution in [3.05, 3.63) is 45.4 Å². The van der Waals surface area contributed by atoms with E-state index in [0.717, 1.165) is 18.0 Å². The van der Waals surface area contributed by atoms with Gasteiger partial charge in [0.2, 0.25) is 0 Å². The molecule has 2 aromatic heterocycles. The standard InChI is InChI=1S/C14H18N2OS/c1-10-14(5-4-6-16-10)17-9-12-7-13(8-15-3)18-11(12)2/h4-7,15H,8-9H2,1-3H3. The molecule has 4 heteroatoms. The molecule has 1 N–H and O–H groups in total. The third-order valence-electron chi connectivity index (χ3n) is 2.76. The molecule has 18 heavy (non-hydrogen) atoms. The van der Waals surface area contributed by atoms with Crippen molar-refractivity contribution in [2.24, 2.45) is 0 Å². The zero-order chi connectivity index (χ0) is 13.0. The van der Waals surface area contributed by atoms with E-state index in [1.807, 2.05) is 37.4 Å². The lowest BCUT2D eigenvalue weighted by atomic mass is 10.2. The number of rotatable bonds is 5. The van der Waals surface area contributed by atoms with Gasteiger partial charge in [-0.3, -0.25) is 4.98 Å². The van der Waals surface area contributed by atoms with Crippen LogP contribution in [0.15, 0.2) is 24.4 Å². The Balaban J connectivity index is 2.04. The van der Waals surface area contributed by atoms with E-state index >= 15 is 0 Å². The van der Waals surface area contributed by atoms with Gasteiger partial charge >= 0.3 is 0 Å². The van der Waals surface area contributed by atoms with Crippen molar-refractivity contribution in [2.75, 3.05) is 7.05 Å². The van der Waals surface area contributed by atoms with E-state index in [1.165, 1.54) is 15.3 Å². The molecular formula is C14H18N2OS. The molecule has 0 radical (unpaired) electrons. The zero-order valence-corrected chi connectivity index (χ0v) is 11.8. The molecule has 0 aromatic carbocycles. The van der Waals surface area contributed by atoms with E-state index in [4.69, 9.17) is 4.74 Å². The summed E-state index contributed by atoms with van der Waals surface area (Å²) in [5, 5.41) is 3.17. The van der Waals surface area contributed by atoms with Gasteiger partial charge in [-0.15, -0.1) is 11.3 Å². The molecule has 2 aromatic rings. The highest BCUT2D eigenvalue weighted by atomic mass is 32.1. The molecule has 0 aliphatic rings. The lowest BCUT2D eigenvalue weighted by molar-refractivity contribution is 0.302. The minimum absolute atomic E-state index is 0.610. The van der Waals surface area contributed by atoms with Crippen LogP contribution < -0.4 is 10.1 Å². The third-order valence-corrected chi connectivity index (χ3v) is 3.86. The maximum atomic E-state index is 5.82. The second-order valence-electron chi connectivity index (χ2n) is 4.20. The Kier molecular flexibility index (Phi) is 4.33. The Labute approximate surface area is 112 Å². The lowest BCUT2D eigenvalue weighted by Crippen LogP contribution is -2.03. The molecule has 2 rings (SSSR count). The Hall–Kier alpha value is -1.39. The van der Waals surface area contributed by atoms with Gasteiger partial charge in [0.25, 0.3) is 0 Å². The fraction of sp³-hybridized carbons (Fsp3) is 0.357. The maximum Gasteiger partial charge on any atom is 0.141 e. The molecule has 0 saturated carbocycles. The SMILES string of the molecule is CNCc1cc(COc2cccnc2C)c(C)s1. The zero-order valence-electron chi connectivity index (χ0n) is 11.0. The Morgan fingerprint density at radius 1 is 1.39 bits per heavy atom. The maximum absolute atomic E-state index is 5.82. The fourth-order valence-electron chi connectivity index (χ4n) is 1.77. The largest absolute Gasteiger partial charge is 0.487 e. The molecule has 0 spiro atoms. The van der Waals surface area contributed by atoms with Crippen LogP contribution in [0.2, 0.25) is 0 Å². The van der Waals surface area contributed by atoms with Gasteiger partial charge in [-0.2, -0.15) is 0 Å². The minimum Gasteiger partial charge on any atom is -0.487 e. The minimum atomic E-state index is 0.610. The van der Waals surface area contributed by atoms with Crippen LogP contribution in [0.25, 0.3) is 0 Å². The predicted octanol–water partition coefficient (Wildman–Crippen LogP) is 3.06. The molecule has 2 heterocycles. The van der Waals surface area contributed by atoms with Crippen molar-refractivity contribution in [1.82, 2.24) is 10.3 Å². The van der Waals surface area contributed by atoms with Crippen LogP contribution in [0.5, 0.6) is 5.75 Å². The van der Waals surface area contributed by atoms with Crippen LogP contribution in [0, 0.1) is 13.8 Å². The summed E-state index contributed by atoms with van der Waals surface area (Å²) in [6, 6.07) is 6.07. The molecule has 0 atom stereocenters. The molecule has 0 unspecified atom stereocenters. The van der Waals surface area contributed by atoms with Crippen LogP contribution in [0.3, 0.4) is 0 Å². The van der Waals surface area contributed by atoms with Gasteiger partial charge in [0, 0.05) is 28.1 Å². The first-order valence-corrected chi connectivity index (χ1v) is 6.79. The van der Waals surface area contributed by atoms with Crippen molar-refractivity contribution in [2.45, 2.75) is 27.0 Å². The average molecular weight is 262 g/mol. The summed E-state index contributed by atoms with van der Waals surface area (Å²) in [7, 11) is 1.96. The first-order valence-electron chi connectivity index (χ1n) is 5.98. The van der Waals surface area contributed by atoms with E-state index in [0.29, 0.717) is 6.61 Å². The summed E-state index contributed by atoms with van der Waals surface area (Å²) in [6.07, 6.45) is 1.78. The van der Waals surface area contributed by atoms with Gasteiger partial charge in [-0.25, -0.2) is 0 Å². The highest BCUT2D eigenvalue weighted by Gasteiger charge is 2.07. The van der Waals surface area contributed by atoms with Crippen LogP contribution in [-0.4, -0.2) is 12.0 Å². The summed E-state index contributed by atoms with van der Waals surface area (Å²) in [5.74, 6) is 0.860. The molecule has 0 bridgehead atoms. The van der Waals surface area contributed by atoms with Crippen molar-refractivity contribution in [3.8, 4) is 5.75 Å². The van der Waals surface area contributed by atoms with E-state index in [-0.39, 0.29) is 0 Å². The van der Waals surface area contributed by atoms with Gasteiger partial charge in [0.05, 0.1) is 5.69 Å². The van der Waals surface area contributed by atoms with Crippen molar-refractivity contribution < 1.29 is 4.74 Å². The second-order valence-corrected chi connectivity index (χ2v) is 5.54. The van der Waals surface area contributed by atoms with Gasteiger partial charge in [-0.05, 0) is 39.1 Å². The van der Waals surface area contributed by atoms with Crippen molar-refractivity contribution in [1.29, 1.82) is 0 Å². The number of pyridine rings is 1. The number of hydrogen-bond donors (Lipinski definition) is 1. The highest BCUT2D eigenvalue weighted by molar-refractivity contribution is 7.12. The van der Waals surface area contributed by atoms with Crippen LogP contribution in [-0.2, 0) is 13.2 Å². The molecule has 0 aliphatic heterocycles. The third kappa shape index (κ3) is 3.09. The summed E-state index contributed by atoms with van der Waals surface area (Å²) in [4.78, 5) is 6.88. The lowest BCUT2D eigenvalue weighted by Gasteiger charge is -2.07. The van der Waals surface area contributed by atoms with E-state index in [9.17, 15) is 0 Å². The molecule has 3 nitrogen and oxygen atoms in total. The van der Waals surface area contributed by atoms with E-state index in [1.54, 1.807) is 6.20 Å². The summed E-state index contributed by atoms with van der Waals surface area (Å²) in [5.41, 5.74) is 2.19. The summed E-state index contributed by atoms with van der Waals surface area (Å²) >= 11 is 1.82. The number of hydrogen-bond acceptors (Lipinski definition) is 4. The summed E-state index contributed by atoms with van der Waals surface area (Å²) in [6.45, 7) is 5.62. The number of nitrogens with one attached hydrogen (secondary N) is 1. The van der Waals surface area contributed by atoms with Crippen LogP contribution >= 0.6 is 11.3 Å².